The molecule has 0 bridgehead atoms. The van der Waals surface area contributed by atoms with E-state index in [9.17, 15) is 14.0 Å². The number of urea groups is 1. The second kappa shape index (κ2) is 9.01. The molecular formula is C25H24FN5O3. The third-order valence-corrected chi connectivity index (χ3v) is 5.89. The molecule has 0 radical (unpaired) electrons. The number of carbonyl (C=O) groups is 2. The van der Waals surface area contributed by atoms with Gasteiger partial charge < -0.3 is 24.3 Å². The van der Waals surface area contributed by atoms with Crippen LogP contribution in [0.2, 0.25) is 0 Å². The number of piperazine rings is 1. The predicted molar refractivity (Wildman–Crippen MR) is 128 cm³/mol. The highest BCUT2D eigenvalue weighted by Gasteiger charge is 2.24. The average Bonchev–Trinajstić information content (AvgIpc) is 3.34. The number of anilines is 2. The van der Waals surface area contributed by atoms with E-state index in [1.165, 1.54) is 12.1 Å². The Morgan fingerprint density at radius 2 is 1.85 bits per heavy atom. The van der Waals surface area contributed by atoms with Crippen molar-refractivity contribution in [2.24, 2.45) is 0 Å². The molecule has 1 fully saturated rings. The number of nitrogens with one attached hydrogen (secondary N) is 1. The molecule has 2 aromatic heterocycles. The summed E-state index contributed by atoms with van der Waals surface area (Å²) < 4.78 is 20.9. The smallest absolute Gasteiger partial charge is 0.338 e. The molecule has 8 nitrogen and oxygen atoms in total. The summed E-state index contributed by atoms with van der Waals surface area (Å²) in [6.45, 7) is 4.21. The lowest BCUT2D eigenvalue weighted by Crippen LogP contribution is -2.50. The molecule has 0 unspecified atom stereocenters. The lowest BCUT2D eigenvalue weighted by molar-refractivity contribution is 0.0526. The van der Waals surface area contributed by atoms with E-state index < -0.39 is 5.97 Å². The third kappa shape index (κ3) is 4.12. The molecule has 2 aromatic carbocycles. The molecule has 0 aliphatic carbocycles. The molecule has 1 saturated heterocycles. The molecule has 0 atom stereocenters. The van der Waals surface area contributed by atoms with Gasteiger partial charge in [-0.05, 0) is 49.4 Å². The van der Waals surface area contributed by atoms with Crippen molar-refractivity contribution < 1.29 is 18.7 Å². The first kappa shape index (κ1) is 21.7. The molecule has 1 N–H and O–H groups in total. The van der Waals surface area contributed by atoms with Crippen molar-refractivity contribution in [2.45, 2.75) is 6.92 Å². The molecule has 1 aliphatic rings. The topological polar surface area (TPSA) is 79.2 Å². The normalized spacial score (nSPS) is 13.9. The minimum absolute atomic E-state index is 0.234. The molecule has 0 spiro atoms. The zero-order valence-electron chi connectivity index (χ0n) is 18.7. The van der Waals surface area contributed by atoms with Crippen LogP contribution in [0.3, 0.4) is 0 Å². The number of ether oxygens (including phenoxy) is 1. The zero-order valence-corrected chi connectivity index (χ0v) is 18.7. The second-order valence-electron chi connectivity index (χ2n) is 8.04. The van der Waals surface area contributed by atoms with Crippen molar-refractivity contribution in [3.63, 3.8) is 0 Å². The summed E-state index contributed by atoms with van der Waals surface area (Å²) in [6.07, 6.45) is 1.94. The lowest BCUT2D eigenvalue weighted by Gasteiger charge is -2.35. The molecular weight excluding hydrogens is 437 g/mol. The molecule has 5 rings (SSSR count). The number of aromatic nitrogens is 2. The maximum absolute atomic E-state index is 13.8. The monoisotopic (exact) mass is 461 g/mol. The first-order chi connectivity index (χ1) is 16.5. The van der Waals surface area contributed by atoms with Crippen molar-refractivity contribution in [3.8, 4) is 0 Å². The van der Waals surface area contributed by atoms with Crippen molar-refractivity contribution in [2.75, 3.05) is 43.0 Å². The number of rotatable bonds is 4. The van der Waals surface area contributed by atoms with Crippen LogP contribution in [0, 0.1) is 5.82 Å². The van der Waals surface area contributed by atoms with Crippen LogP contribution in [0.1, 0.15) is 17.3 Å². The van der Waals surface area contributed by atoms with Crippen LogP contribution in [0.25, 0.3) is 16.6 Å². The molecule has 4 aromatic rings. The number of hydrogen-bond donors (Lipinski definition) is 1. The summed E-state index contributed by atoms with van der Waals surface area (Å²) >= 11 is 0. The third-order valence-electron chi connectivity index (χ3n) is 5.89. The van der Waals surface area contributed by atoms with Gasteiger partial charge >= 0.3 is 12.0 Å². The predicted octanol–water partition coefficient (Wildman–Crippen LogP) is 4.16. The molecule has 2 amide bonds. The Kier molecular flexibility index (Phi) is 5.75. The maximum Gasteiger partial charge on any atom is 0.338 e. The van der Waals surface area contributed by atoms with E-state index in [1.807, 2.05) is 22.7 Å². The molecule has 0 saturated carbocycles. The highest BCUT2D eigenvalue weighted by molar-refractivity contribution is 5.94. The SMILES string of the molecule is CCOC(=O)c1cccc(NC(=O)N2CCN(c3nc4cc(F)ccc4n4cccc34)CC2)c1. The van der Waals surface area contributed by atoms with Gasteiger partial charge in [-0.25, -0.2) is 19.0 Å². The Balaban J connectivity index is 1.29. The van der Waals surface area contributed by atoms with Crippen LogP contribution in [0.4, 0.5) is 20.7 Å². The number of carbonyl (C=O) groups excluding carboxylic acids is 2. The number of halogens is 1. The average molecular weight is 461 g/mol. The number of hydrogen-bond acceptors (Lipinski definition) is 5. The fourth-order valence-corrected chi connectivity index (χ4v) is 4.23. The highest BCUT2D eigenvalue weighted by Crippen LogP contribution is 2.27. The second-order valence-corrected chi connectivity index (χ2v) is 8.04. The molecule has 174 valence electrons. The number of benzene rings is 2. The summed E-state index contributed by atoms with van der Waals surface area (Å²) in [4.78, 5) is 33.4. The van der Waals surface area contributed by atoms with Gasteiger partial charge in [0.1, 0.15) is 5.82 Å². The van der Waals surface area contributed by atoms with Crippen molar-refractivity contribution in [1.82, 2.24) is 14.3 Å². The number of amides is 2. The Morgan fingerprint density at radius 1 is 1.03 bits per heavy atom. The lowest BCUT2D eigenvalue weighted by atomic mass is 10.2. The van der Waals surface area contributed by atoms with Gasteiger partial charge in [-0.15, -0.1) is 0 Å². The Bertz CT molecular complexity index is 1380. The Hall–Kier alpha value is -4.14. The first-order valence-electron chi connectivity index (χ1n) is 11.2. The van der Waals surface area contributed by atoms with Gasteiger partial charge in [0.25, 0.3) is 0 Å². The summed E-state index contributed by atoms with van der Waals surface area (Å²) in [5, 5.41) is 2.86. The summed E-state index contributed by atoms with van der Waals surface area (Å²) in [6, 6.07) is 15.0. The van der Waals surface area contributed by atoms with Gasteiger partial charge in [0.2, 0.25) is 0 Å². The van der Waals surface area contributed by atoms with Crippen molar-refractivity contribution in [1.29, 1.82) is 0 Å². The van der Waals surface area contributed by atoms with E-state index in [0.717, 1.165) is 16.9 Å². The zero-order chi connectivity index (χ0) is 23.7. The van der Waals surface area contributed by atoms with Crippen LogP contribution in [-0.4, -0.2) is 59.1 Å². The quantitative estimate of drug-likeness (QED) is 0.462. The summed E-state index contributed by atoms with van der Waals surface area (Å²) in [5.41, 5.74) is 3.28. The van der Waals surface area contributed by atoms with Crippen LogP contribution >= 0.6 is 0 Å². The van der Waals surface area contributed by atoms with Crippen molar-refractivity contribution >= 4 is 40.1 Å². The number of fused-ring (bicyclic) bond motifs is 3. The van der Waals surface area contributed by atoms with Gasteiger partial charge in [0.05, 0.1) is 28.7 Å². The van der Waals surface area contributed by atoms with Gasteiger partial charge in [-0.3, -0.25) is 0 Å². The molecule has 34 heavy (non-hydrogen) atoms. The number of nitrogens with zero attached hydrogens (tertiary/aromatic N) is 4. The van der Waals surface area contributed by atoms with Crippen LogP contribution in [0.5, 0.6) is 0 Å². The Labute approximate surface area is 195 Å². The largest absolute Gasteiger partial charge is 0.462 e. The van der Waals surface area contributed by atoms with Gasteiger partial charge in [-0.2, -0.15) is 0 Å². The molecule has 1 aliphatic heterocycles. The van der Waals surface area contributed by atoms with Gasteiger partial charge in [0.15, 0.2) is 5.82 Å². The number of esters is 1. The van der Waals surface area contributed by atoms with E-state index in [1.54, 1.807) is 42.2 Å². The minimum Gasteiger partial charge on any atom is -0.462 e. The van der Waals surface area contributed by atoms with Crippen molar-refractivity contribution in [3.05, 3.63) is 72.2 Å². The van der Waals surface area contributed by atoms with E-state index in [0.29, 0.717) is 42.9 Å². The summed E-state index contributed by atoms with van der Waals surface area (Å²) in [5.74, 6) is 0.0166. The standard InChI is InChI=1S/C25H24FN5O3/c1-2-34-24(32)17-5-3-6-19(15-17)27-25(33)30-13-11-29(12-14-30)23-22-7-4-10-31(22)21-9-8-18(26)16-20(21)28-23/h3-10,15-16H,2,11-14H2,1H3,(H,27,33). The Morgan fingerprint density at radius 3 is 2.65 bits per heavy atom. The summed E-state index contributed by atoms with van der Waals surface area (Å²) in [7, 11) is 0. The fraction of sp³-hybridized carbons (Fsp3) is 0.240. The van der Waals surface area contributed by atoms with Crippen LogP contribution < -0.4 is 10.2 Å². The highest BCUT2D eigenvalue weighted by atomic mass is 19.1. The van der Waals surface area contributed by atoms with E-state index in [4.69, 9.17) is 9.72 Å². The molecule has 9 heteroatoms. The van der Waals surface area contributed by atoms with Crippen LogP contribution in [-0.2, 0) is 4.74 Å². The van der Waals surface area contributed by atoms with E-state index in [2.05, 4.69) is 10.2 Å². The van der Waals surface area contributed by atoms with E-state index >= 15 is 0 Å². The first-order valence-corrected chi connectivity index (χ1v) is 11.2. The maximum atomic E-state index is 13.8. The minimum atomic E-state index is -0.424. The fourth-order valence-electron chi connectivity index (χ4n) is 4.23. The van der Waals surface area contributed by atoms with Gasteiger partial charge in [0, 0.05) is 44.1 Å². The van der Waals surface area contributed by atoms with Gasteiger partial charge in [-0.1, -0.05) is 6.07 Å². The molecule has 3 heterocycles. The van der Waals surface area contributed by atoms with E-state index in [-0.39, 0.29) is 18.5 Å². The van der Waals surface area contributed by atoms with Crippen LogP contribution in [0.15, 0.2) is 60.8 Å².